The molecule has 4 rings (SSSR count). The number of nitrogens with zero attached hydrogens (tertiary/aromatic N) is 2. The summed E-state index contributed by atoms with van der Waals surface area (Å²) in [5, 5.41) is 3.87. The van der Waals surface area contributed by atoms with Crippen LogP contribution in [0.15, 0.2) is 42.5 Å². The molecule has 1 aromatic heterocycles. The summed E-state index contributed by atoms with van der Waals surface area (Å²) in [7, 11) is 0. The van der Waals surface area contributed by atoms with Crippen LogP contribution in [0.3, 0.4) is 0 Å². The molecular formula is C23H26ClN3O2. The van der Waals surface area contributed by atoms with Crippen LogP contribution in [0.2, 0.25) is 5.02 Å². The minimum Gasteiger partial charge on any atom is -0.494 e. The van der Waals surface area contributed by atoms with Crippen molar-refractivity contribution in [3.8, 4) is 5.75 Å². The molecule has 1 aliphatic rings. The van der Waals surface area contributed by atoms with Gasteiger partial charge in [-0.1, -0.05) is 23.7 Å². The van der Waals surface area contributed by atoms with E-state index in [2.05, 4.69) is 16.0 Å². The van der Waals surface area contributed by atoms with Gasteiger partial charge in [0.1, 0.15) is 11.6 Å². The van der Waals surface area contributed by atoms with Crippen molar-refractivity contribution >= 4 is 28.5 Å². The highest BCUT2D eigenvalue weighted by atomic mass is 35.5. The number of rotatable bonds is 8. The Morgan fingerprint density at radius 1 is 1.31 bits per heavy atom. The molecule has 152 valence electrons. The van der Waals surface area contributed by atoms with Gasteiger partial charge in [0, 0.05) is 17.5 Å². The number of ether oxygens (including phenoxy) is 1. The summed E-state index contributed by atoms with van der Waals surface area (Å²) < 4.78 is 8.09. The first-order valence-corrected chi connectivity index (χ1v) is 10.5. The number of halogens is 1. The summed E-state index contributed by atoms with van der Waals surface area (Å²) in [6, 6.07) is 13.7. The summed E-state index contributed by atoms with van der Waals surface area (Å²) in [5.41, 5.74) is 3.04. The van der Waals surface area contributed by atoms with E-state index in [-0.39, 0.29) is 17.9 Å². The van der Waals surface area contributed by atoms with Crippen LogP contribution in [0.5, 0.6) is 5.75 Å². The minimum absolute atomic E-state index is 0.129. The number of aryl methyl sites for hydroxylation is 2. The highest BCUT2D eigenvalue weighted by molar-refractivity contribution is 6.31. The van der Waals surface area contributed by atoms with Crippen LogP contribution in [-0.2, 0) is 11.3 Å². The first-order valence-electron chi connectivity index (χ1n) is 10.2. The number of benzene rings is 2. The van der Waals surface area contributed by atoms with E-state index in [4.69, 9.17) is 21.3 Å². The number of hydrogen-bond donors (Lipinski definition) is 1. The Bertz CT molecular complexity index is 1030. The average Bonchev–Trinajstić information content (AvgIpc) is 3.50. The largest absolute Gasteiger partial charge is 0.494 e. The van der Waals surface area contributed by atoms with E-state index in [0.717, 1.165) is 59.0 Å². The molecule has 6 heteroatoms. The molecule has 1 amide bonds. The fourth-order valence-corrected chi connectivity index (χ4v) is 3.64. The van der Waals surface area contributed by atoms with Crippen LogP contribution >= 0.6 is 11.6 Å². The Labute approximate surface area is 176 Å². The molecule has 1 fully saturated rings. The van der Waals surface area contributed by atoms with Crippen LogP contribution in [0.4, 0.5) is 0 Å². The van der Waals surface area contributed by atoms with Crippen LogP contribution in [-0.4, -0.2) is 22.1 Å². The highest BCUT2D eigenvalue weighted by Crippen LogP contribution is 2.30. The molecule has 0 bridgehead atoms. The molecule has 2 aromatic carbocycles. The minimum atomic E-state index is -0.129. The molecule has 1 aliphatic carbocycles. The Hall–Kier alpha value is -2.53. The molecule has 1 atom stereocenters. The quantitative estimate of drug-likeness (QED) is 0.527. The van der Waals surface area contributed by atoms with E-state index in [1.165, 1.54) is 0 Å². The zero-order chi connectivity index (χ0) is 20.4. The van der Waals surface area contributed by atoms with E-state index >= 15 is 0 Å². The fourth-order valence-electron chi connectivity index (χ4n) is 3.52. The zero-order valence-electron chi connectivity index (χ0n) is 16.8. The number of amides is 1. The molecule has 3 aromatic rings. The monoisotopic (exact) mass is 411 g/mol. The number of aromatic nitrogens is 2. The summed E-state index contributed by atoms with van der Waals surface area (Å²) in [6.07, 6.45) is 2.82. The maximum absolute atomic E-state index is 12.2. The van der Waals surface area contributed by atoms with Gasteiger partial charge in [0.05, 0.1) is 23.7 Å². The van der Waals surface area contributed by atoms with Crippen molar-refractivity contribution in [2.45, 2.75) is 45.7 Å². The molecule has 5 nitrogen and oxygen atoms in total. The predicted octanol–water partition coefficient (Wildman–Crippen LogP) is 5.05. The number of fused-ring (bicyclic) bond motifs is 1. The topological polar surface area (TPSA) is 56.1 Å². The van der Waals surface area contributed by atoms with E-state index < -0.39 is 0 Å². The molecule has 0 saturated heterocycles. The van der Waals surface area contributed by atoms with E-state index in [0.29, 0.717) is 6.61 Å². The van der Waals surface area contributed by atoms with Crippen molar-refractivity contribution in [2.24, 2.45) is 5.92 Å². The normalized spacial score (nSPS) is 14.7. The van der Waals surface area contributed by atoms with Crippen molar-refractivity contribution in [1.29, 1.82) is 0 Å². The third kappa shape index (κ3) is 4.56. The molecule has 1 N–H and O–H groups in total. The van der Waals surface area contributed by atoms with Crippen LogP contribution in [0.25, 0.3) is 11.0 Å². The molecule has 1 saturated carbocycles. The maximum atomic E-state index is 12.2. The van der Waals surface area contributed by atoms with Gasteiger partial charge in [-0.25, -0.2) is 4.98 Å². The Morgan fingerprint density at radius 3 is 2.86 bits per heavy atom. The Balaban J connectivity index is 1.45. The number of imidazole rings is 1. The van der Waals surface area contributed by atoms with Gasteiger partial charge in [0.2, 0.25) is 5.91 Å². The van der Waals surface area contributed by atoms with E-state index in [9.17, 15) is 4.79 Å². The molecule has 0 radical (unpaired) electrons. The lowest BCUT2D eigenvalue weighted by atomic mass is 10.2. The molecular weight excluding hydrogens is 386 g/mol. The second kappa shape index (κ2) is 8.46. The van der Waals surface area contributed by atoms with Gasteiger partial charge in [0.15, 0.2) is 0 Å². The van der Waals surface area contributed by atoms with Gasteiger partial charge < -0.3 is 14.6 Å². The lowest BCUT2D eigenvalue weighted by Crippen LogP contribution is -2.30. The SMILES string of the molecule is Cc1cc(OCCCn2c(C(C)NC(=O)C3CC3)nc3ccccc32)ccc1Cl. The lowest BCUT2D eigenvalue weighted by molar-refractivity contribution is -0.123. The Kier molecular flexibility index (Phi) is 5.76. The van der Waals surface area contributed by atoms with Gasteiger partial charge >= 0.3 is 0 Å². The first-order chi connectivity index (χ1) is 14.0. The van der Waals surface area contributed by atoms with Crippen molar-refractivity contribution in [2.75, 3.05) is 6.61 Å². The van der Waals surface area contributed by atoms with E-state index in [1.807, 2.05) is 50.2 Å². The van der Waals surface area contributed by atoms with E-state index in [1.54, 1.807) is 0 Å². The van der Waals surface area contributed by atoms with Gasteiger partial charge in [-0.3, -0.25) is 4.79 Å². The van der Waals surface area contributed by atoms with Crippen LogP contribution in [0, 0.1) is 12.8 Å². The number of para-hydroxylation sites is 2. The maximum Gasteiger partial charge on any atom is 0.223 e. The standard InChI is InChI=1S/C23H26ClN3O2/c1-15-14-18(10-11-19(15)24)29-13-5-12-27-21-7-4-3-6-20(21)26-22(27)16(2)25-23(28)17-8-9-17/h3-4,6-7,10-11,14,16-17H,5,8-9,12-13H2,1-2H3,(H,25,28). The van der Waals surface area contributed by atoms with Crippen molar-refractivity contribution in [1.82, 2.24) is 14.9 Å². The molecule has 29 heavy (non-hydrogen) atoms. The first kappa shape index (κ1) is 19.8. The molecule has 1 unspecified atom stereocenters. The number of nitrogens with one attached hydrogen (secondary N) is 1. The third-order valence-electron chi connectivity index (χ3n) is 5.30. The summed E-state index contributed by atoms with van der Waals surface area (Å²) in [6.45, 7) is 5.34. The molecule has 0 aliphatic heterocycles. The van der Waals surface area contributed by atoms with Crippen LogP contribution in [0.1, 0.15) is 43.6 Å². The lowest BCUT2D eigenvalue weighted by Gasteiger charge is -2.16. The summed E-state index contributed by atoms with van der Waals surface area (Å²) >= 11 is 6.08. The average molecular weight is 412 g/mol. The molecule has 1 heterocycles. The number of hydrogen-bond acceptors (Lipinski definition) is 3. The van der Waals surface area contributed by atoms with Gasteiger partial charge in [-0.15, -0.1) is 0 Å². The number of carbonyl (C=O) groups is 1. The van der Waals surface area contributed by atoms with Crippen molar-refractivity contribution in [3.63, 3.8) is 0 Å². The fraction of sp³-hybridized carbons (Fsp3) is 0.391. The second-order valence-electron chi connectivity index (χ2n) is 7.73. The Morgan fingerprint density at radius 2 is 2.10 bits per heavy atom. The summed E-state index contributed by atoms with van der Waals surface area (Å²) in [4.78, 5) is 17.0. The van der Waals surface area contributed by atoms with Gasteiger partial charge in [-0.05, 0) is 69.0 Å². The second-order valence-corrected chi connectivity index (χ2v) is 8.14. The smallest absolute Gasteiger partial charge is 0.223 e. The van der Waals surface area contributed by atoms with Crippen molar-refractivity contribution in [3.05, 3.63) is 58.9 Å². The highest BCUT2D eigenvalue weighted by Gasteiger charge is 2.31. The zero-order valence-corrected chi connectivity index (χ0v) is 17.6. The third-order valence-corrected chi connectivity index (χ3v) is 5.73. The van der Waals surface area contributed by atoms with Crippen LogP contribution < -0.4 is 10.1 Å². The predicted molar refractivity (Wildman–Crippen MR) is 115 cm³/mol. The van der Waals surface area contributed by atoms with Gasteiger partial charge in [0.25, 0.3) is 0 Å². The summed E-state index contributed by atoms with van der Waals surface area (Å²) in [5.74, 6) is 2.04. The molecule has 0 spiro atoms. The van der Waals surface area contributed by atoms with Gasteiger partial charge in [-0.2, -0.15) is 0 Å². The number of carbonyl (C=O) groups excluding carboxylic acids is 1. The van der Waals surface area contributed by atoms with Crippen molar-refractivity contribution < 1.29 is 9.53 Å².